The molecule has 1 saturated heterocycles. The zero-order chi connectivity index (χ0) is 10.7. The van der Waals surface area contributed by atoms with Gasteiger partial charge in [0.1, 0.15) is 11.9 Å². The van der Waals surface area contributed by atoms with E-state index in [1.165, 1.54) is 0 Å². The largest absolute Gasteiger partial charge is 0.355 e. The smallest absolute Gasteiger partial charge is 0.146 e. The van der Waals surface area contributed by atoms with Gasteiger partial charge in [0.05, 0.1) is 5.56 Å². The van der Waals surface area contributed by atoms with Crippen LogP contribution >= 0.6 is 0 Å². The van der Waals surface area contributed by atoms with E-state index >= 15 is 0 Å². The number of hydrogen-bond acceptors (Lipinski definition) is 4. The van der Waals surface area contributed by atoms with Gasteiger partial charge in [-0.1, -0.05) is 0 Å². The van der Waals surface area contributed by atoms with E-state index in [4.69, 9.17) is 11.0 Å². The first kappa shape index (κ1) is 9.94. The summed E-state index contributed by atoms with van der Waals surface area (Å²) in [5, 5.41) is 8.96. The van der Waals surface area contributed by atoms with Gasteiger partial charge >= 0.3 is 0 Å². The third-order valence-electron chi connectivity index (χ3n) is 2.83. The number of rotatable bonds is 2. The molecule has 1 aliphatic heterocycles. The Balaban J connectivity index is 2.20. The number of hydrogen-bond donors (Lipinski definition) is 1. The summed E-state index contributed by atoms with van der Waals surface area (Å²) in [6.45, 7) is 2.58. The Morgan fingerprint density at radius 1 is 1.67 bits per heavy atom. The fraction of sp³-hybridized carbons (Fsp3) is 0.455. The lowest BCUT2D eigenvalue weighted by atomic mass is 10.1. The molecule has 1 aromatic heterocycles. The van der Waals surface area contributed by atoms with Crippen LogP contribution in [0.5, 0.6) is 0 Å². The topological polar surface area (TPSA) is 65.9 Å². The van der Waals surface area contributed by atoms with E-state index in [1.807, 2.05) is 0 Å². The maximum absolute atomic E-state index is 8.96. The number of anilines is 1. The van der Waals surface area contributed by atoms with Crippen LogP contribution in [0.3, 0.4) is 0 Å². The Morgan fingerprint density at radius 3 is 3.20 bits per heavy atom. The van der Waals surface area contributed by atoms with E-state index in [-0.39, 0.29) is 0 Å². The minimum Gasteiger partial charge on any atom is -0.355 e. The number of nitrogens with two attached hydrogens (primary N) is 1. The van der Waals surface area contributed by atoms with Gasteiger partial charge in [0.25, 0.3) is 0 Å². The molecule has 2 heterocycles. The van der Waals surface area contributed by atoms with Gasteiger partial charge in [-0.05, 0) is 31.0 Å². The van der Waals surface area contributed by atoms with E-state index in [0.29, 0.717) is 18.0 Å². The minimum absolute atomic E-state index is 0.540. The molecular formula is C11H14N4. The molecular weight excluding hydrogens is 188 g/mol. The normalized spacial score (nSPS) is 20.3. The number of nitriles is 1. The summed E-state index contributed by atoms with van der Waals surface area (Å²) in [6, 6.07) is 5.76. The van der Waals surface area contributed by atoms with Gasteiger partial charge < -0.3 is 10.6 Å². The van der Waals surface area contributed by atoms with Gasteiger partial charge in [-0.15, -0.1) is 0 Å². The minimum atomic E-state index is 0.540. The lowest BCUT2D eigenvalue weighted by Gasteiger charge is -2.17. The van der Waals surface area contributed by atoms with Gasteiger partial charge in [-0.25, -0.2) is 4.98 Å². The van der Waals surface area contributed by atoms with Crippen LogP contribution in [-0.4, -0.2) is 24.6 Å². The molecule has 1 aromatic rings. The second kappa shape index (κ2) is 4.28. The fourth-order valence-electron chi connectivity index (χ4n) is 1.95. The molecule has 1 fully saturated rings. The standard InChI is InChI=1S/C11H14N4/c12-6-9-3-5-15(8-9)11-10(7-13)2-1-4-14-11/h1-2,4,9H,3,5-6,8,12H2/t9-/m0/s1. The van der Waals surface area contributed by atoms with Crippen LogP contribution in [0.15, 0.2) is 18.3 Å². The highest BCUT2D eigenvalue weighted by Gasteiger charge is 2.23. The maximum atomic E-state index is 8.96. The Bertz CT molecular complexity index is 382. The molecule has 4 nitrogen and oxygen atoms in total. The highest BCUT2D eigenvalue weighted by molar-refractivity contribution is 5.54. The van der Waals surface area contributed by atoms with Gasteiger partial charge in [0.15, 0.2) is 0 Å². The summed E-state index contributed by atoms with van der Waals surface area (Å²) in [6.07, 6.45) is 2.82. The molecule has 0 saturated carbocycles. The molecule has 78 valence electrons. The van der Waals surface area contributed by atoms with Crippen LogP contribution in [0.25, 0.3) is 0 Å². The van der Waals surface area contributed by atoms with Crippen molar-refractivity contribution in [1.82, 2.24) is 4.98 Å². The van der Waals surface area contributed by atoms with Gasteiger partial charge in [0, 0.05) is 19.3 Å². The summed E-state index contributed by atoms with van der Waals surface area (Å²) in [4.78, 5) is 6.41. The van der Waals surface area contributed by atoms with Crippen molar-refractivity contribution in [2.45, 2.75) is 6.42 Å². The van der Waals surface area contributed by atoms with Crippen molar-refractivity contribution < 1.29 is 0 Å². The van der Waals surface area contributed by atoms with E-state index in [0.717, 1.165) is 25.3 Å². The van der Waals surface area contributed by atoms with Crippen molar-refractivity contribution in [3.05, 3.63) is 23.9 Å². The second-order valence-corrected chi connectivity index (χ2v) is 3.82. The summed E-state index contributed by atoms with van der Waals surface area (Å²) < 4.78 is 0. The quantitative estimate of drug-likeness (QED) is 0.768. The zero-order valence-corrected chi connectivity index (χ0v) is 8.56. The van der Waals surface area contributed by atoms with Crippen molar-refractivity contribution in [3.8, 4) is 6.07 Å². The molecule has 0 spiro atoms. The molecule has 1 aliphatic rings. The van der Waals surface area contributed by atoms with Crippen LogP contribution < -0.4 is 10.6 Å². The van der Waals surface area contributed by atoms with E-state index in [9.17, 15) is 0 Å². The first-order valence-corrected chi connectivity index (χ1v) is 5.15. The summed E-state index contributed by atoms with van der Waals surface area (Å²) in [5.74, 6) is 1.34. The average Bonchev–Trinajstić information content (AvgIpc) is 2.77. The molecule has 2 N–H and O–H groups in total. The van der Waals surface area contributed by atoms with Crippen LogP contribution in [0.2, 0.25) is 0 Å². The number of aromatic nitrogens is 1. The highest BCUT2D eigenvalue weighted by Crippen LogP contribution is 2.23. The van der Waals surface area contributed by atoms with Crippen molar-refractivity contribution in [2.75, 3.05) is 24.5 Å². The molecule has 0 radical (unpaired) electrons. The third-order valence-corrected chi connectivity index (χ3v) is 2.83. The van der Waals surface area contributed by atoms with Crippen molar-refractivity contribution >= 4 is 5.82 Å². The van der Waals surface area contributed by atoms with Crippen molar-refractivity contribution in [2.24, 2.45) is 11.7 Å². The lowest BCUT2D eigenvalue weighted by molar-refractivity contribution is 0.602. The van der Waals surface area contributed by atoms with Crippen LogP contribution in [0.4, 0.5) is 5.82 Å². The van der Waals surface area contributed by atoms with Gasteiger partial charge in [-0.3, -0.25) is 0 Å². The molecule has 0 aromatic carbocycles. The lowest BCUT2D eigenvalue weighted by Crippen LogP contribution is -2.24. The Hall–Kier alpha value is -1.60. The summed E-state index contributed by atoms with van der Waals surface area (Å²) in [5.41, 5.74) is 6.28. The average molecular weight is 202 g/mol. The van der Waals surface area contributed by atoms with Gasteiger partial charge in [-0.2, -0.15) is 5.26 Å². The van der Waals surface area contributed by atoms with E-state index < -0.39 is 0 Å². The highest BCUT2D eigenvalue weighted by atomic mass is 15.2. The number of pyridine rings is 1. The molecule has 0 unspecified atom stereocenters. The first-order valence-electron chi connectivity index (χ1n) is 5.15. The fourth-order valence-corrected chi connectivity index (χ4v) is 1.95. The van der Waals surface area contributed by atoms with Crippen molar-refractivity contribution in [3.63, 3.8) is 0 Å². The predicted molar refractivity (Wildman–Crippen MR) is 58.3 cm³/mol. The van der Waals surface area contributed by atoms with Gasteiger partial charge in [0.2, 0.25) is 0 Å². The maximum Gasteiger partial charge on any atom is 0.146 e. The van der Waals surface area contributed by atoms with Crippen LogP contribution in [0.1, 0.15) is 12.0 Å². The molecule has 2 rings (SSSR count). The Kier molecular flexibility index (Phi) is 2.84. The van der Waals surface area contributed by atoms with Crippen LogP contribution in [-0.2, 0) is 0 Å². The summed E-state index contributed by atoms with van der Waals surface area (Å²) in [7, 11) is 0. The predicted octanol–water partition coefficient (Wildman–Crippen LogP) is 0.738. The van der Waals surface area contributed by atoms with E-state index in [1.54, 1.807) is 18.3 Å². The second-order valence-electron chi connectivity index (χ2n) is 3.82. The number of nitrogens with zero attached hydrogens (tertiary/aromatic N) is 3. The monoisotopic (exact) mass is 202 g/mol. The third kappa shape index (κ3) is 1.92. The van der Waals surface area contributed by atoms with Crippen molar-refractivity contribution in [1.29, 1.82) is 5.26 Å². The molecule has 0 bridgehead atoms. The van der Waals surface area contributed by atoms with Crippen LogP contribution in [0, 0.1) is 17.2 Å². The first-order chi connectivity index (χ1) is 7.35. The molecule has 4 heteroatoms. The SMILES string of the molecule is N#Cc1cccnc1N1CC[C@@H](CN)C1. The Morgan fingerprint density at radius 2 is 2.53 bits per heavy atom. The zero-order valence-electron chi connectivity index (χ0n) is 8.56. The Labute approximate surface area is 89.3 Å². The molecule has 0 amide bonds. The molecule has 15 heavy (non-hydrogen) atoms. The summed E-state index contributed by atoms with van der Waals surface area (Å²) >= 11 is 0. The molecule has 1 atom stereocenters. The molecule has 0 aliphatic carbocycles. The van der Waals surface area contributed by atoms with E-state index in [2.05, 4.69) is 16.0 Å².